The first-order chi connectivity index (χ1) is 7.99. The summed E-state index contributed by atoms with van der Waals surface area (Å²) in [5.74, 6) is 0.481. The first-order valence-electron chi connectivity index (χ1n) is 4.75. The maximum Gasteiger partial charge on any atom is 0.147 e. The maximum atomic E-state index is 9.35. The number of aliphatic hydroxyl groups is 1. The SMILES string of the molecule is C=C(O)c1c(Cl)cc(-n2cnc(C)n2)cc1Cl. The van der Waals surface area contributed by atoms with Gasteiger partial charge in [0.25, 0.3) is 0 Å². The normalized spacial score (nSPS) is 10.5. The van der Waals surface area contributed by atoms with Crippen LogP contribution in [0.3, 0.4) is 0 Å². The van der Waals surface area contributed by atoms with Crippen LogP contribution in [-0.4, -0.2) is 19.9 Å². The molecule has 1 N–H and O–H groups in total. The van der Waals surface area contributed by atoms with Crippen molar-refractivity contribution in [3.63, 3.8) is 0 Å². The molecule has 0 spiro atoms. The summed E-state index contributed by atoms with van der Waals surface area (Å²) in [5.41, 5.74) is 1.000. The number of aromatic nitrogens is 3. The van der Waals surface area contributed by atoms with Gasteiger partial charge in [0.15, 0.2) is 0 Å². The van der Waals surface area contributed by atoms with Crippen molar-refractivity contribution in [1.82, 2.24) is 14.8 Å². The molecule has 0 atom stereocenters. The highest BCUT2D eigenvalue weighted by molar-refractivity contribution is 6.37. The molecule has 1 aromatic heterocycles. The van der Waals surface area contributed by atoms with E-state index in [4.69, 9.17) is 23.2 Å². The summed E-state index contributed by atoms with van der Waals surface area (Å²) in [5, 5.41) is 14.1. The fraction of sp³-hybridized carbons (Fsp3) is 0.0909. The number of aryl methyl sites for hydroxylation is 1. The van der Waals surface area contributed by atoms with Gasteiger partial charge in [0, 0.05) is 0 Å². The molecule has 0 fully saturated rings. The van der Waals surface area contributed by atoms with E-state index in [9.17, 15) is 5.11 Å². The lowest BCUT2D eigenvalue weighted by atomic mass is 10.2. The molecule has 0 aliphatic carbocycles. The van der Waals surface area contributed by atoms with Crippen molar-refractivity contribution >= 4 is 29.0 Å². The molecule has 1 aromatic carbocycles. The van der Waals surface area contributed by atoms with Crippen molar-refractivity contribution in [3.05, 3.63) is 46.5 Å². The Bertz CT molecular complexity index is 569. The van der Waals surface area contributed by atoms with Gasteiger partial charge in [-0.05, 0) is 19.1 Å². The first-order valence-corrected chi connectivity index (χ1v) is 5.50. The van der Waals surface area contributed by atoms with Crippen LogP contribution in [0.1, 0.15) is 11.4 Å². The van der Waals surface area contributed by atoms with Gasteiger partial charge in [0.1, 0.15) is 17.9 Å². The number of rotatable bonds is 2. The van der Waals surface area contributed by atoms with E-state index in [1.807, 2.05) is 0 Å². The second kappa shape index (κ2) is 4.39. The van der Waals surface area contributed by atoms with Gasteiger partial charge < -0.3 is 5.11 Å². The largest absolute Gasteiger partial charge is 0.508 e. The quantitative estimate of drug-likeness (QED) is 0.851. The molecule has 2 rings (SSSR count). The van der Waals surface area contributed by atoms with Gasteiger partial charge in [-0.25, -0.2) is 9.67 Å². The number of benzene rings is 1. The fourth-order valence-electron chi connectivity index (χ4n) is 1.44. The van der Waals surface area contributed by atoms with Crippen LogP contribution in [0.2, 0.25) is 10.0 Å². The molecule has 1 heterocycles. The topological polar surface area (TPSA) is 50.9 Å². The van der Waals surface area contributed by atoms with E-state index in [-0.39, 0.29) is 5.76 Å². The maximum absolute atomic E-state index is 9.35. The highest BCUT2D eigenvalue weighted by Gasteiger charge is 2.12. The Morgan fingerprint density at radius 3 is 2.35 bits per heavy atom. The molecule has 0 unspecified atom stereocenters. The second-order valence-corrected chi connectivity index (χ2v) is 4.28. The predicted octanol–water partition coefficient (Wildman–Crippen LogP) is 3.41. The lowest BCUT2D eigenvalue weighted by Crippen LogP contribution is -1.97. The molecule has 0 bridgehead atoms. The van der Waals surface area contributed by atoms with Gasteiger partial charge in [0.05, 0.1) is 21.3 Å². The molecule has 0 radical (unpaired) electrons. The molecule has 0 aliphatic rings. The zero-order valence-electron chi connectivity index (χ0n) is 8.98. The Labute approximate surface area is 108 Å². The summed E-state index contributed by atoms with van der Waals surface area (Å²) in [6.45, 7) is 5.19. The predicted molar refractivity (Wildman–Crippen MR) is 67.8 cm³/mol. The highest BCUT2D eigenvalue weighted by Crippen LogP contribution is 2.31. The Morgan fingerprint density at radius 1 is 1.35 bits per heavy atom. The Kier molecular flexibility index (Phi) is 3.09. The third kappa shape index (κ3) is 2.28. The van der Waals surface area contributed by atoms with Crippen LogP contribution in [0.15, 0.2) is 25.0 Å². The van der Waals surface area contributed by atoms with Crippen LogP contribution in [0, 0.1) is 6.92 Å². The summed E-state index contributed by atoms with van der Waals surface area (Å²) in [7, 11) is 0. The number of aliphatic hydroxyl groups excluding tert-OH is 1. The smallest absolute Gasteiger partial charge is 0.147 e. The van der Waals surface area contributed by atoms with Crippen LogP contribution >= 0.6 is 23.2 Å². The van der Waals surface area contributed by atoms with Crippen LogP contribution in [-0.2, 0) is 0 Å². The highest BCUT2D eigenvalue weighted by atomic mass is 35.5. The summed E-state index contributed by atoms with van der Waals surface area (Å²) < 4.78 is 1.55. The minimum Gasteiger partial charge on any atom is -0.508 e. The van der Waals surface area contributed by atoms with Crippen molar-refractivity contribution in [3.8, 4) is 5.69 Å². The Hall–Kier alpha value is -1.52. The molecular formula is C11H9Cl2N3O. The standard InChI is InChI=1S/C11H9Cl2N3O/c1-6(17)11-9(12)3-8(4-10(11)13)16-5-14-7(2)15-16/h3-5,17H,1H2,2H3. The summed E-state index contributed by atoms with van der Waals surface area (Å²) in [6, 6.07) is 3.27. The zero-order chi connectivity index (χ0) is 12.6. The summed E-state index contributed by atoms with van der Waals surface area (Å²) >= 11 is 12.0. The van der Waals surface area contributed by atoms with E-state index in [0.29, 0.717) is 27.1 Å². The van der Waals surface area contributed by atoms with Crippen LogP contribution < -0.4 is 0 Å². The van der Waals surface area contributed by atoms with Crippen molar-refractivity contribution < 1.29 is 5.11 Å². The van der Waals surface area contributed by atoms with Crippen LogP contribution in [0.4, 0.5) is 0 Å². The van der Waals surface area contributed by atoms with Crippen molar-refractivity contribution in [1.29, 1.82) is 0 Å². The third-order valence-corrected chi connectivity index (χ3v) is 2.78. The average Bonchev–Trinajstić information content (AvgIpc) is 2.63. The average molecular weight is 270 g/mol. The minimum atomic E-state index is -0.165. The molecule has 0 amide bonds. The number of hydrogen-bond donors (Lipinski definition) is 1. The molecule has 88 valence electrons. The van der Waals surface area contributed by atoms with Crippen molar-refractivity contribution in [2.45, 2.75) is 6.92 Å². The fourth-order valence-corrected chi connectivity index (χ4v) is 2.13. The van der Waals surface area contributed by atoms with Gasteiger partial charge in [-0.15, -0.1) is 0 Å². The van der Waals surface area contributed by atoms with Crippen LogP contribution in [0.25, 0.3) is 11.4 Å². The van der Waals surface area contributed by atoms with E-state index < -0.39 is 0 Å². The van der Waals surface area contributed by atoms with Gasteiger partial charge >= 0.3 is 0 Å². The molecule has 0 aliphatic heterocycles. The van der Waals surface area contributed by atoms with Gasteiger partial charge in [-0.2, -0.15) is 5.10 Å². The second-order valence-electron chi connectivity index (χ2n) is 3.47. The molecule has 0 saturated carbocycles. The molecule has 17 heavy (non-hydrogen) atoms. The molecule has 0 saturated heterocycles. The first kappa shape index (κ1) is 12.0. The van der Waals surface area contributed by atoms with E-state index in [0.717, 1.165) is 0 Å². The zero-order valence-corrected chi connectivity index (χ0v) is 10.5. The van der Waals surface area contributed by atoms with Crippen molar-refractivity contribution in [2.24, 2.45) is 0 Å². The lowest BCUT2D eigenvalue weighted by Gasteiger charge is -2.08. The lowest BCUT2D eigenvalue weighted by molar-refractivity contribution is 0.514. The van der Waals surface area contributed by atoms with E-state index in [1.54, 1.807) is 30.1 Å². The van der Waals surface area contributed by atoms with E-state index in [2.05, 4.69) is 16.7 Å². The minimum absolute atomic E-state index is 0.165. The summed E-state index contributed by atoms with van der Waals surface area (Å²) in [6.07, 6.45) is 1.56. The number of nitrogens with zero attached hydrogens (tertiary/aromatic N) is 3. The molecule has 2 aromatic rings. The molecule has 4 nitrogen and oxygen atoms in total. The van der Waals surface area contributed by atoms with Gasteiger partial charge in [-0.1, -0.05) is 29.8 Å². The van der Waals surface area contributed by atoms with E-state index >= 15 is 0 Å². The van der Waals surface area contributed by atoms with Gasteiger partial charge in [0.2, 0.25) is 0 Å². The Balaban J connectivity index is 2.56. The monoisotopic (exact) mass is 269 g/mol. The van der Waals surface area contributed by atoms with Crippen molar-refractivity contribution in [2.75, 3.05) is 0 Å². The molecule has 6 heteroatoms. The number of hydrogen-bond acceptors (Lipinski definition) is 3. The third-order valence-electron chi connectivity index (χ3n) is 2.19. The van der Waals surface area contributed by atoms with Crippen LogP contribution in [0.5, 0.6) is 0 Å². The summed E-state index contributed by atoms with van der Waals surface area (Å²) in [4.78, 5) is 4.01. The van der Waals surface area contributed by atoms with Gasteiger partial charge in [-0.3, -0.25) is 0 Å². The van der Waals surface area contributed by atoms with E-state index in [1.165, 1.54) is 0 Å². The molecular weight excluding hydrogens is 261 g/mol. The number of halogens is 2. The Morgan fingerprint density at radius 2 is 1.94 bits per heavy atom.